The van der Waals surface area contributed by atoms with Crippen LogP contribution in [-0.4, -0.2) is 4.92 Å². The van der Waals surface area contributed by atoms with E-state index in [-0.39, 0.29) is 11.3 Å². The second-order valence-electron chi connectivity index (χ2n) is 2.75. The van der Waals surface area contributed by atoms with Crippen molar-refractivity contribution in [1.82, 2.24) is 0 Å². The van der Waals surface area contributed by atoms with E-state index in [0.717, 1.165) is 6.07 Å². The predicted molar refractivity (Wildman–Crippen MR) is 45.7 cm³/mol. The lowest BCUT2D eigenvalue weighted by Crippen LogP contribution is -2.07. The summed E-state index contributed by atoms with van der Waals surface area (Å²) in [5.74, 6) is -0.635. The molecule has 1 atom stereocenters. The number of nitrogens with zero attached hydrogens (tertiary/aromatic N) is 1. The Labute approximate surface area is 74.3 Å². The number of non-ortho nitro benzene ring substituents is 1. The summed E-state index contributed by atoms with van der Waals surface area (Å²) in [5, 5.41) is 10.2. The minimum Gasteiger partial charge on any atom is -0.324 e. The Kier molecular flexibility index (Phi) is 2.57. The highest BCUT2D eigenvalue weighted by atomic mass is 19.1. The van der Waals surface area contributed by atoms with Gasteiger partial charge in [0.25, 0.3) is 5.69 Å². The van der Waals surface area contributed by atoms with Crippen LogP contribution in [0.4, 0.5) is 10.1 Å². The first kappa shape index (κ1) is 9.60. The van der Waals surface area contributed by atoms with Gasteiger partial charge in [-0.05, 0) is 13.0 Å². The first-order chi connectivity index (χ1) is 6.02. The Morgan fingerprint density at radius 1 is 1.62 bits per heavy atom. The molecule has 1 unspecified atom stereocenters. The van der Waals surface area contributed by atoms with E-state index in [1.807, 2.05) is 0 Å². The van der Waals surface area contributed by atoms with Crippen LogP contribution in [0.2, 0.25) is 0 Å². The summed E-state index contributed by atoms with van der Waals surface area (Å²) in [6, 6.07) is 2.99. The summed E-state index contributed by atoms with van der Waals surface area (Å²) in [4.78, 5) is 9.60. The van der Waals surface area contributed by atoms with Crippen molar-refractivity contribution in [3.05, 3.63) is 39.7 Å². The predicted octanol–water partition coefficient (Wildman–Crippen LogP) is 1.75. The van der Waals surface area contributed by atoms with E-state index in [2.05, 4.69) is 0 Å². The van der Waals surface area contributed by atoms with Crippen LogP contribution in [0.5, 0.6) is 0 Å². The fraction of sp³-hybridized carbons (Fsp3) is 0.250. The topological polar surface area (TPSA) is 69.2 Å². The number of nitro benzene ring substituents is 1. The molecular formula is C8H9FN2O2. The van der Waals surface area contributed by atoms with E-state index in [0.29, 0.717) is 0 Å². The van der Waals surface area contributed by atoms with E-state index >= 15 is 0 Å². The molecule has 0 fully saturated rings. The lowest BCUT2D eigenvalue weighted by Gasteiger charge is -2.05. The van der Waals surface area contributed by atoms with Gasteiger partial charge in [0.1, 0.15) is 5.82 Å². The first-order valence-corrected chi connectivity index (χ1v) is 3.72. The van der Waals surface area contributed by atoms with Crippen molar-refractivity contribution in [1.29, 1.82) is 0 Å². The monoisotopic (exact) mass is 184 g/mol. The second-order valence-corrected chi connectivity index (χ2v) is 2.75. The molecule has 0 aromatic heterocycles. The van der Waals surface area contributed by atoms with Crippen molar-refractivity contribution in [2.45, 2.75) is 13.0 Å². The molecule has 0 spiro atoms. The molecule has 0 heterocycles. The van der Waals surface area contributed by atoms with Crippen LogP contribution < -0.4 is 5.73 Å². The lowest BCUT2D eigenvalue weighted by molar-refractivity contribution is -0.385. The van der Waals surface area contributed by atoms with Crippen molar-refractivity contribution in [3.63, 3.8) is 0 Å². The van der Waals surface area contributed by atoms with Gasteiger partial charge < -0.3 is 5.73 Å². The second kappa shape index (κ2) is 3.49. The van der Waals surface area contributed by atoms with Crippen LogP contribution in [-0.2, 0) is 0 Å². The molecule has 0 radical (unpaired) electrons. The SMILES string of the molecule is CC(N)c1ccc([N+](=O)[O-])cc1F. The highest BCUT2D eigenvalue weighted by Crippen LogP contribution is 2.20. The molecule has 1 aromatic carbocycles. The summed E-state index contributed by atoms with van der Waals surface area (Å²) in [6.45, 7) is 1.62. The van der Waals surface area contributed by atoms with Gasteiger partial charge >= 0.3 is 0 Å². The summed E-state index contributed by atoms with van der Waals surface area (Å²) in [7, 11) is 0. The quantitative estimate of drug-likeness (QED) is 0.562. The highest BCUT2D eigenvalue weighted by Gasteiger charge is 2.12. The molecule has 0 saturated carbocycles. The maximum Gasteiger partial charge on any atom is 0.272 e. The summed E-state index contributed by atoms with van der Waals surface area (Å²) in [6.07, 6.45) is 0. The molecule has 5 heteroatoms. The van der Waals surface area contributed by atoms with E-state index in [1.54, 1.807) is 6.92 Å². The third kappa shape index (κ3) is 2.00. The molecule has 1 rings (SSSR count). The third-order valence-corrected chi connectivity index (χ3v) is 1.69. The Hall–Kier alpha value is -1.49. The Morgan fingerprint density at radius 3 is 2.62 bits per heavy atom. The van der Waals surface area contributed by atoms with Gasteiger partial charge in [0, 0.05) is 17.7 Å². The maximum atomic E-state index is 13.1. The Morgan fingerprint density at radius 2 is 2.23 bits per heavy atom. The van der Waals surface area contributed by atoms with Crippen molar-refractivity contribution in [3.8, 4) is 0 Å². The molecule has 0 aliphatic carbocycles. The van der Waals surface area contributed by atoms with Crippen molar-refractivity contribution < 1.29 is 9.31 Å². The van der Waals surface area contributed by atoms with E-state index in [4.69, 9.17) is 5.73 Å². The van der Waals surface area contributed by atoms with Crippen LogP contribution in [0.15, 0.2) is 18.2 Å². The average molecular weight is 184 g/mol. The minimum absolute atomic E-state index is 0.262. The van der Waals surface area contributed by atoms with Gasteiger partial charge in [-0.1, -0.05) is 0 Å². The summed E-state index contributed by atoms with van der Waals surface area (Å²) < 4.78 is 13.1. The molecule has 0 amide bonds. The molecule has 0 aliphatic rings. The van der Waals surface area contributed by atoms with E-state index in [1.165, 1.54) is 12.1 Å². The van der Waals surface area contributed by atoms with Crippen molar-refractivity contribution in [2.24, 2.45) is 5.73 Å². The van der Waals surface area contributed by atoms with Crippen LogP contribution >= 0.6 is 0 Å². The highest BCUT2D eigenvalue weighted by molar-refractivity contribution is 5.35. The Bertz CT molecular complexity index is 339. The van der Waals surface area contributed by atoms with Gasteiger partial charge in [0.05, 0.1) is 11.0 Å². The molecule has 0 aliphatic heterocycles. The third-order valence-electron chi connectivity index (χ3n) is 1.69. The fourth-order valence-corrected chi connectivity index (χ4v) is 0.999. The molecule has 0 saturated heterocycles. The molecule has 2 N–H and O–H groups in total. The van der Waals surface area contributed by atoms with Crippen molar-refractivity contribution in [2.75, 3.05) is 0 Å². The number of hydrogen-bond donors (Lipinski definition) is 1. The van der Waals surface area contributed by atoms with Gasteiger partial charge in [-0.15, -0.1) is 0 Å². The van der Waals surface area contributed by atoms with Gasteiger partial charge in [0.15, 0.2) is 0 Å². The zero-order valence-corrected chi connectivity index (χ0v) is 7.03. The minimum atomic E-state index is -0.645. The van der Waals surface area contributed by atoms with Gasteiger partial charge in [-0.25, -0.2) is 4.39 Å². The number of benzene rings is 1. The molecule has 70 valence electrons. The summed E-state index contributed by atoms with van der Waals surface area (Å²) in [5.41, 5.74) is 5.45. The fourth-order valence-electron chi connectivity index (χ4n) is 0.999. The van der Waals surface area contributed by atoms with Gasteiger partial charge in [-0.3, -0.25) is 10.1 Å². The largest absolute Gasteiger partial charge is 0.324 e. The summed E-state index contributed by atoms with van der Waals surface area (Å²) >= 11 is 0. The maximum absolute atomic E-state index is 13.1. The molecule has 13 heavy (non-hydrogen) atoms. The number of rotatable bonds is 2. The number of nitro groups is 1. The van der Waals surface area contributed by atoms with Crippen LogP contribution in [0, 0.1) is 15.9 Å². The standard InChI is InChI=1S/C8H9FN2O2/c1-5(10)7-3-2-6(11(12)13)4-8(7)9/h2-5H,10H2,1H3. The number of hydrogen-bond acceptors (Lipinski definition) is 3. The zero-order valence-electron chi connectivity index (χ0n) is 7.03. The van der Waals surface area contributed by atoms with Crippen LogP contribution in [0.3, 0.4) is 0 Å². The van der Waals surface area contributed by atoms with Crippen LogP contribution in [0.1, 0.15) is 18.5 Å². The van der Waals surface area contributed by atoms with Gasteiger partial charge in [-0.2, -0.15) is 0 Å². The lowest BCUT2D eigenvalue weighted by atomic mass is 10.1. The van der Waals surface area contributed by atoms with E-state index in [9.17, 15) is 14.5 Å². The number of halogens is 1. The first-order valence-electron chi connectivity index (χ1n) is 3.72. The molecular weight excluding hydrogens is 175 g/mol. The average Bonchev–Trinajstić information content (AvgIpc) is 2.03. The van der Waals surface area contributed by atoms with Gasteiger partial charge in [0.2, 0.25) is 0 Å². The van der Waals surface area contributed by atoms with Crippen molar-refractivity contribution >= 4 is 5.69 Å². The zero-order chi connectivity index (χ0) is 10.0. The number of nitrogens with two attached hydrogens (primary N) is 1. The molecule has 0 bridgehead atoms. The molecule has 1 aromatic rings. The Balaban J connectivity index is 3.13. The van der Waals surface area contributed by atoms with E-state index < -0.39 is 16.8 Å². The van der Waals surface area contributed by atoms with Crippen LogP contribution in [0.25, 0.3) is 0 Å². The smallest absolute Gasteiger partial charge is 0.272 e. The molecule has 4 nitrogen and oxygen atoms in total. The normalized spacial score (nSPS) is 12.5.